The monoisotopic (exact) mass is 733 g/mol. The average Bonchev–Trinajstić information content (AvgIpc) is 3.00. The van der Waals surface area contributed by atoms with Crippen LogP contribution in [0.2, 0.25) is 0 Å². The number of ether oxygens (including phenoxy) is 1. The molecule has 0 bridgehead atoms. The summed E-state index contributed by atoms with van der Waals surface area (Å²) in [5.41, 5.74) is 2.11. The van der Waals surface area contributed by atoms with Crippen molar-refractivity contribution >= 4 is 59.4 Å². The van der Waals surface area contributed by atoms with Gasteiger partial charge in [0.25, 0.3) is 10.0 Å². The van der Waals surface area contributed by atoms with Gasteiger partial charge in [-0.2, -0.15) is 0 Å². The van der Waals surface area contributed by atoms with E-state index in [9.17, 15) is 18.0 Å². The van der Waals surface area contributed by atoms with Crippen LogP contribution in [0.3, 0.4) is 0 Å². The van der Waals surface area contributed by atoms with Gasteiger partial charge in [-0.05, 0) is 90.6 Å². The zero-order valence-corrected chi connectivity index (χ0v) is 28.5. The van der Waals surface area contributed by atoms with Crippen molar-refractivity contribution in [3.63, 3.8) is 0 Å². The van der Waals surface area contributed by atoms with Gasteiger partial charge in [0, 0.05) is 17.1 Å². The number of rotatable bonds is 11. The minimum absolute atomic E-state index is 0.00361. The van der Waals surface area contributed by atoms with E-state index in [1.165, 1.54) is 24.1 Å². The van der Waals surface area contributed by atoms with Gasteiger partial charge < -0.3 is 15.0 Å². The number of nitrogens with one attached hydrogen (secondary N) is 1. The van der Waals surface area contributed by atoms with Crippen LogP contribution in [0.1, 0.15) is 50.2 Å². The van der Waals surface area contributed by atoms with Gasteiger partial charge in [-0.25, -0.2) is 8.42 Å². The van der Waals surface area contributed by atoms with E-state index in [1.54, 1.807) is 37.3 Å². The normalized spacial score (nSPS) is 14.5. The first-order chi connectivity index (χ1) is 20.5. The fraction of sp³-hybridized carbons (Fsp3) is 0.375. The van der Waals surface area contributed by atoms with Crippen LogP contribution < -0.4 is 14.4 Å². The summed E-state index contributed by atoms with van der Waals surface area (Å²) >= 11 is 6.82. The Morgan fingerprint density at radius 1 is 0.977 bits per heavy atom. The van der Waals surface area contributed by atoms with Crippen LogP contribution in [0.25, 0.3) is 0 Å². The summed E-state index contributed by atoms with van der Waals surface area (Å²) in [5, 5.41) is 3.12. The van der Waals surface area contributed by atoms with Crippen LogP contribution in [-0.2, 0) is 26.2 Å². The Balaban J connectivity index is 1.68. The number of hydrogen-bond donors (Lipinski definition) is 1. The topological polar surface area (TPSA) is 96.0 Å². The third-order valence-corrected chi connectivity index (χ3v) is 10.6. The molecule has 1 atom stereocenters. The second kappa shape index (κ2) is 14.7. The van der Waals surface area contributed by atoms with E-state index >= 15 is 0 Å². The van der Waals surface area contributed by atoms with Gasteiger partial charge in [-0.3, -0.25) is 13.9 Å². The van der Waals surface area contributed by atoms with Gasteiger partial charge >= 0.3 is 0 Å². The molecule has 230 valence electrons. The Kier molecular flexibility index (Phi) is 11.3. The highest BCUT2D eigenvalue weighted by atomic mass is 79.9. The highest BCUT2D eigenvalue weighted by Gasteiger charge is 2.33. The van der Waals surface area contributed by atoms with Gasteiger partial charge in [-0.15, -0.1) is 0 Å². The molecule has 1 N–H and O–H groups in total. The second-order valence-corrected chi connectivity index (χ2v) is 14.4. The van der Waals surface area contributed by atoms with E-state index in [2.05, 4.69) is 37.2 Å². The first-order valence-corrected chi connectivity index (χ1v) is 17.3. The summed E-state index contributed by atoms with van der Waals surface area (Å²) in [6.45, 7) is 3.25. The number of carbonyl (C=O) groups is 2. The highest BCUT2D eigenvalue weighted by Crippen LogP contribution is 2.31. The Labute approximate surface area is 271 Å². The van der Waals surface area contributed by atoms with Crippen LogP contribution in [0.15, 0.2) is 80.6 Å². The highest BCUT2D eigenvalue weighted by molar-refractivity contribution is 9.10. The maximum atomic E-state index is 14.1. The first kappa shape index (κ1) is 33.0. The molecule has 0 spiro atoms. The third kappa shape index (κ3) is 8.39. The predicted octanol–water partition coefficient (Wildman–Crippen LogP) is 6.59. The molecular formula is C32H37Br2N3O5S. The molecule has 11 heteroatoms. The smallest absolute Gasteiger partial charge is 0.264 e. The number of anilines is 1. The molecule has 8 nitrogen and oxygen atoms in total. The number of hydrogen-bond acceptors (Lipinski definition) is 5. The fourth-order valence-electron chi connectivity index (χ4n) is 5.11. The van der Waals surface area contributed by atoms with Crippen molar-refractivity contribution in [3.05, 3.63) is 86.8 Å². The lowest BCUT2D eigenvalue weighted by Crippen LogP contribution is -2.53. The Morgan fingerprint density at radius 2 is 1.63 bits per heavy atom. The quantitative estimate of drug-likeness (QED) is 0.240. The molecule has 1 aliphatic rings. The molecule has 1 unspecified atom stereocenters. The molecular weight excluding hydrogens is 698 g/mol. The second-order valence-electron chi connectivity index (χ2n) is 10.8. The van der Waals surface area contributed by atoms with E-state index in [1.807, 2.05) is 31.2 Å². The number of nitrogens with zero attached hydrogens (tertiary/aromatic N) is 2. The lowest BCUT2D eigenvalue weighted by molar-refractivity contribution is -0.139. The number of amides is 2. The molecule has 1 aliphatic carbocycles. The van der Waals surface area contributed by atoms with Gasteiger partial charge in [0.2, 0.25) is 11.8 Å². The molecule has 3 aromatic carbocycles. The van der Waals surface area contributed by atoms with Crippen molar-refractivity contribution < 1.29 is 22.7 Å². The Hall–Kier alpha value is -2.89. The van der Waals surface area contributed by atoms with Crippen molar-refractivity contribution in [2.24, 2.45) is 0 Å². The first-order valence-electron chi connectivity index (χ1n) is 14.3. The van der Waals surface area contributed by atoms with E-state index < -0.39 is 28.5 Å². The standard InChI is InChI=1S/C32H37Br2N3O5S/c1-22-9-15-27(16-10-22)37(43(40,41)28-17-18-30(42-3)29(34)19-28)21-31(38)36(20-24-11-13-25(33)14-12-24)23(2)32(39)35-26-7-5-4-6-8-26/h9-19,23,26H,4-8,20-21H2,1-3H3,(H,35,39). The summed E-state index contributed by atoms with van der Waals surface area (Å²) in [4.78, 5) is 29.1. The molecule has 3 aromatic rings. The molecule has 1 saturated carbocycles. The van der Waals surface area contributed by atoms with E-state index in [0.29, 0.717) is 15.9 Å². The van der Waals surface area contributed by atoms with Gasteiger partial charge in [0.1, 0.15) is 18.3 Å². The zero-order valence-electron chi connectivity index (χ0n) is 24.6. The van der Waals surface area contributed by atoms with Crippen molar-refractivity contribution in [1.29, 1.82) is 0 Å². The number of carbonyl (C=O) groups excluding carboxylic acids is 2. The summed E-state index contributed by atoms with van der Waals surface area (Å²) in [6, 6.07) is 18.2. The van der Waals surface area contributed by atoms with Gasteiger partial charge in [0.15, 0.2) is 0 Å². The Morgan fingerprint density at radius 3 is 2.23 bits per heavy atom. The molecule has 0 heterocycles. The molecule has 0 radical (unpaired) electrons. The van der Waals surface area contributed by atoms with E-state index in [-0.39, 0.29) is 23.4 Å². The number of sulfonamides is 1. The minimum atomic E-state index is -4.20. The summed E-state index contributed by atoms with van der Waals surface area (Å²) in [7, 11) is -2.70. The number of aryl methyl sites for hydroxylation is 1. The molecule has 2 amide bonds. The van der Waals surface area contributed by atoms with Crippen molar-refractivity contribution in [2.45, 2.75) is 69.5 Å². The van der Waals surface area contributed by atoms with Crippen molar-refractivity contribution in [2.75, 3.05) is 18.0 Å². The minimum Gasteiger partial charge on any atom is -0.496 e. The summed E-state index contributed by atoms with van der Waals surface area (Å²) < 4.78 is 35.9. The van der Waals surface area contributed by atoms with Crippen LogP contribution in [0.5, 0.6) is 5.75 Å². The SMILES string of the molecule is COc1ccc(S(=O)(=O)N(CC(=O)N(Cc2ccc(Br)cc2)C(C)C(=O)NC2CCCCC2)c2ccc(C)cc2)cc1Br. The number of methoxy groups -OCH3 is 1. The number of halogens is 2. The lowest BCUT2D eigenvalue weighted by Gasteiger charge is -2.33. The molecule has 0 aromatic heterocycles. The van der Waals surface area contributed by atoms with Crippen molar-refractivity contribution in [1.82, 2.24) is 10.2 Å². The summed E-state index contributed by atoms with van der Waals surface area (Å²) in [6.07, 6.45) is 5.10. The largest absolute Gasteiger partial charge is 0.496 e. The van der Waals surface area contributed by atoms with Crippen LogP contribution in [0, 0.1) is 6.92 Å². The average molecular weight is 736 g/mol. The zero-order chi connectivity index (χ0) is 31.1. The Bertz CT molecular complexity index is 1530. The third-order valence-electron chi connectivity index (χ3n) is 7.70. The molecule has 1 fully saturated rings. The lowest BCUT2D eigenvalue weighted by atomic mass is 9.95. The molecule has 43 heavy (non-hydrogen) atoms. The predicted molar refractivity (Wildman–Crippen MR) is 176 cm³/mol. The summed E-state index contributed by atoms with van der Waals surface area (Å²) in [5.74, 6) is -0.262. The van der Waals surface area contributed by atoms with E-state index in [0.717, 1.165) is 52.0 Å². The number of benzene rings is 3. The maximum Gasteiger partial charge on any atom is 0.264 e. The van der Waals surface area contributed by atoms with Gasteiger partial charge in [0.05, 0.1) is 22.2 Å². The molecule has 4 rings (SSSR count). The van der Waals surface area contributed by atoms with E-state index in [4.69, 9.17) is 4.74 Å². The van der Waals surface area contributed by atoms with Crippen LogP contribution in [0.4, 0.5) is 5.69 Å². The van der Waals surface area contributed by atoms with Crippen molar-refractivity contribution in [3.8, 4) is 5.75 Å². The van der Waals surface area contributed by atoms with Gasteiger partial charge in [-0.1, -0.05) is 65.0 Å². The molecule has 0 saturated heterocycles. The maximum absolute atomic E-state index is 14.1. The molecule has 0 aliphatic heterocycles. The fourth-order valence-corrected chi connectivity index (χ4v) is 7.51. The van der Waals surface area contributed by atoms with Crippen LogP contribution >= 0.6 is 31.9 Å². The van der Waals surface area contributed by atoms with Crippen LogP contribution in [-0.4, -0.2) is 50.9 Å².